The average molecular weight is 380 g/mol. The van der Waals surface area contributed by atoms with E-state index in [1.807, 2.05) is 62.4 Å². The van der Waals surface area contributed by atoms with Crippen LogP contribution in [0.4, 0.5) is 4.79 Å². The van der Waals surface area contributed by atoms with Crippen molar-refractivity contribution in [3.8, 4) is 0 Å². The molecule has 5 heteroatoms. The topological polar surface area (TPSA) is 70.2 Å². The largest absolute Gasteiger partial charge is 0.347 e. The van der Waals surface area contributed by atoms with Crippen LogP contribution < -0.4 is 16.0 Å². The molecule has 3 rings (SSSR count). The van der Waals surface area contributed by atoms with Crippen molar-refractivity contribution in [1.29, 1.82) is 0 Å². The predicted molar refractivity (Wildman–Crippen MR) is 111 cm³/mol. The van der Waals surface area contributed by atoms with Crippen LogP contribution in [0.15, 0.2) is 48.5 Å². The second-order valence-electron chi connectivity index (χ2n) is 7.65. The monoisotopic (exact) mass is 379 g/mol. The number of hydrogen-bond donors (Lipinski definition) is 3. The van der Waals surface area contributed by atoms with Crippen molar-refractivity contribution >= 4 is 11.9 Å². The van der Waals surface area contributed by atoms with Crippen LogP contribution in [-0.4, -0.2) is 24.0 Å². The minimum atomic E-state index is -0.193. The molecule has 3 amide bonds. The Bertz CT molecular complexity index is 800. The summed E-state index contributed by atoms with van der Waals surface area (Å²) in [5, 5.41) is 9.08. The van der Waals surface area contributed by atoms with E-state index in [0.29, 0.717) is 12.1 Å². The second kappa shape index (κ2) is 9.40. The third kappa shape index (κ3) is 5.59. The van der Waals surface area contributed by atoms with E-state index in [0.717, 1.165) is 36.8 Å². The molecular formula is C23H29N3O2. The summed E-state index contributed by atoms with van der Waals surface area (Å²) >= 11 is 0. The molecule has 2 aromatic carbocycles. The summed E-state index contributed by atoms with van der Waals surface area (Å²) in [6.07, 6.45) is 3.86. The highest BCUT2D eigenvalue weighted by molar-refractivity contribution is 5.94. The van der Waals surface area contributed by atoms with Gasteiger partial charge in [-0.2, -0.15) is 0 Å². The number of aryl methyl sites for hydroxylation is 2. The molecule has 0 spiro atoms. The lowest BCUT2D eigenvalue weighted by atomic mass is 9.90. The molecule has 1 aliphatic carbocycles. The minimum Gasteiger partial charge on any atom is -0.347 e. The van der Waals surface area contributed by atoms with Crippen molar-refractivity contribution in [3.63, 3.8) is 0 Å². The van der Waals surface area contributed by atoms with Crippen molar-refractivity contribution < 1.29 is 9.59 Å². The minimum absolute atomic E-state index is 0.0484. The molecule has 0 saturated heterocycles. The van der Waals surface area contributed by atoms with Gasteiger partial charge in [-0.1, -0.05) is 60.4 Å². The fraction of sp³-hybridized carbons (Fsp3) is 0.391. The van der Waals surface area contributed by atoms with E-state index in [2.05, 4.69) is 16.0 Å². The maximum Gasteiger partial charge on any atom is 0.315 e. The number of carbonyl (C=O) groups is 2. The van der Waals surface area contributed by atoms with Gasteiger partial charge >= 0.3 is 6.03 Å². The average Bonchev–Trinajstić information content (AvgIpc) is 2.69. The second-order valence-corrected chi connectivity index (χ2v) is 7.65. The predicted octanol–water partition coefficient (Wildman–Crippen LogP) is 3.84. The first-order valence-corrected chi connectivity index (χ1v) is 9.99. The molecule has 0 aliphatic heterocycles. The van der Waals surface area contributed by atoms with Crippen LogP contribution in [0.25, 0.3) is 0 Å². The summed E-state index contributed by atoms with van der Waals surface area (Å²) < 4.78 is 0. The zero-order valence-electron chi connectivity index (χ0n) is 16.6. The zero-order chi connectivity index (χ0) is 19.9. The molecule has 2 atom stereocenters. The Morgan fingerprint density at radius 1 is 0.821 bits per heavy atom. The Labute approximate surface area is 166 Å². The summed E-state index contributed by atoms with van der Waals surface area (Å²) in [5.74, 6) is -0.0845. The first kappa shape index (κ1) is 19.9. The Balaban J connectivity index is 1.53. The van der Waals surface area contributed by atoms with Gasteiger partial charge in [-0.3, -0.25) is 4.79 Å². The summed E-state index contributed by atoms with van der Waals surface area (Å²) in [6, 6.07) is 15.3. The maximum absolute atomic E-state index is 12.6. The standard InChI is InChI=1S/C23H29N3O2/c1-16-7-11-18(12-8-16)15-24-23(28)26-21-6-4-3-5-20(21)25-22(27)19-13-9-17(2)10-14-19/h7-14,20-21H,3-6,15H2,1-2H3,(H,25,27)(H2,24,26,28). The molecule has 1 saturated carbocycles. The fourth-order valence-corrected chi connectivity index (χ4v) is 3.54. The van der Waals surface area contributed by atoms with Gasteiger partial charge in [0.05, 0.1) is 6.04 Å². The van der Waals surface area contributed by atoms with Gasteiger partial charge in [0.2, 0.25) is 0 Å². The Kier molecular flexibility index (Phi) is 6.69. The van der Waals surface area contributed by atoms with Crippen molar-refractivity contribution in [2.75, 3.05) is 0 Å². The van der Waals surface area contributed by atoms with Crippen molar-refractivity contribution in [2.45, 2.75) is 58.2 Å². The van der Waals surface area contributed by atoms with Crippen LogP contribution in [0.2, 0.25) is 0 Å². The van der Waals surface area contributed by atoms with E-state index in [-0.39, 0.29) is 24.0 Å². The quantitative estimate of drug-likeness (QED) is 0.739. The van der Waals surface area contributed by atoms with E-state index < -0.39 is 0 Å². The highest BCUT2D eigenvalue weighted by atomic mass is 16.2. The third-order valence-corrected chi connectivity index (χ3v) is 5.29. The van der Waals surface area contributed by atoms with Crippen molar-refractivity contribution in [3.05, 3.63) is 70.8 Å². The summed E-state index contributed by atoms with van der Waals surface area (Å²) in [7, 11) is 0. The molecule has 28 heavy (non-hydrogen) atoms. The van der Waals surface area contributed by atoms with Gasteiger partial charge in [0.25, 0.3) is 5.91 Å². The molecule has 0 aromatic heterocycles. The lowest BCUT2D eigenvalue weighted by Crippen LogP contribution is -2.55. The van der Waals surface area contributed by atoms with Crippen LogP contribution in [-0.2, 0) is 6.54 Å². The number of benzene rings is 2. The molecule has 5 nitrogen and oxygen atoms in total. The number of urea groups is 1. The lowest BCUT2D eigenvalue weighted by molar-refractivity contribution is 0.0916. The molecule has 1 fully saturated rings. The first-order valence-electron chi connectivity index (χ1n) is 9.99. The Hall–Kier alpha value is -2.82. The van der Waals surface area contributed by atoms with Crippen LogP contribution in [0.3, 0.4) is 0 Å². The van der Waals surface area contributed by atoms with E-state index in [4.69, 9.17) is 0 Å². The van der Waals surface area contributed by atoms with Crippen molar-refractivity contribution in [1.82, 2.24) is 16.0 Å². The van der Waals surface area contributed by atoms with Crippen LogP contribution >= 0.6 is 0 Å². The summed E-state index contributed by atoms with van der Waals surface area (Å²) in [4.78, 5) is 24.9. The molecule has 2 aromatic rings. The van der Waals surface area contributed by atoms with Gasteiger partial charge in [-0.05, 0) is 44.4 Å². The molecule has 2 unspecified atom stereocenters. The summed E-state index contributed by atoms with van der Waals surface area (Å²) in [5.41, 5.74) is 4.04. The summed E-state index contributed by atoms with van der Waals surface area (Å²) in [6.45, 7) is 4.52. The zero-order valence-corrected chi connectivity index (χ0v) is 16.6. The van der Waals surface area contributed by atoms with Gasteiger partial charge in [0.1, 0.15) is 0 Å². The van der Waals surface area contributed by atoms with E-state index in [1.54, 1.807) is 0 Å². The molecule has 148 valence electrons. The Morgan fingerprint density at radius 2 is 1.36 bits per heavy atom. The molecule has 0 radical (unpaired) electrons. The fourth-order valence-electron chi connectivity index (χ4n) is 3.54. The SMILES string of the molecule is Cc1ccc(CNC(=O)NC2CCCCC2NC(=O)c2ccc(C)cc2)cc1. The Morgan fingerprint density at radius 3 is 1.96 bits per heavy atom. The highest BCUT2D eigenvalue weighted by Crippen LogP contribution is 2.19. The van der Waals surface area contributed by atoms with Gasteiger partial charge in [0, 0.05) is 18.2 Å². The van der Waals surface area contributed by atoms with Gasteiger partial charge in [-0.25, -0.2) is 4.79 Å². The lowest BCUT2D eigenvalue weighted by Gasteiger charge is -2.32. The smallest absolute Gasteiger partial charge is 0.315 e. The van der Waals surface area contributed by atoms with Gasteiger partial charge in [0.15, 0.2) is 0 Å². The molecule has 1 aliphatic rings. The number of carbonyl (C=O) groups excluding carboxylic acids is 2. The van der Waals surface area contributed by atoms with Gasteiger partial charge in [-0.15, -0.1) is 0 Å². The van der Waals surface area contributed by atoms with Gasteiger partial charge < -0.3 is 16.0 Å². The van der Waals surface area contributed by atoms with Crippen LogP contribution in [0, 0.1) is 13.8 Å². The van der Waals surface area contributed by atoms with E-state index in [1.165, 1.54) is 5.56 Å². The number of nitrogens with one attached hydrogen (secondary N) is 3. The third-order valence-electron chi connectivity index (χ3n) is 5.29. The molecule has 0 bridgehead atoms. The number of amides is 3. The number of rotatable bonds is 5. The van der Waals surface area contributed by atoms with E-state index in [9.17, 15) is 9.59 Å². The molecule has 3 N–H and O–H groups in total. The molecular weight excluding hydrogens is 350 g/mol. The highest BCUT2D eigenvalue weighted by Gasteiger charge is 2.28. The molecule has 0 heterocycles. The number of hydrogen-bond acceptors (Lipinski definition) is 2. The van der Waals surface area contributed by atoms with Crippen molar-refractivity contribution in [2.24, 2.45) is 0 Å². The normalized spacial score (nSPS) is 18.9. The first-order chi connectivity index (χ1) is 13.5. The van der Waals surface area contributed by atoms with E-state index >= 15 is 0 Å². The van der Waals surface area contributed by atoms with Crippen LogP contribution in [0.5, 0.6) is 0 Å². The van der Waals surface area contributed by atoms with Crippen LogP contribution in [0.1, 0.15) is 52.7 Å². The maximum atomic E-state index is 12.6.